The summed E-state index contributed by atoms with van der Waals surface area (Å²) < 4.78 is 0. The molecule has 2 aromatic carbocycles. The summed E-state index contributed by atoms with van der Waals surface area (Å²) in [5.41, 5.74) is 4.87. The van der Waals surface area contributed by atoms with Crippen molar-refractivity contribution in [2.45, 2.75) is 25.2 Å². The van der Waals surface area contributed by atoms with Crippen LogP contribution in [-0.2, 0) is 4.79 Å². The lowest BCUT2D eigenvalue weighted by atomic mass is 10.1. The van der Waals surface area contributed by atoms with E-state index in [1.807, 2.05) is 56.3 Å². The van der Waals surface area contributed by atoms with E-state index in [2.05, 4.69) is 5.32 Å². The van der Waals surface area contributed by atoms with E-state index in [1.54, 1.807) is 11.8 Å². The summed E-state index contributed by atoms with van der Waals surface area (Å²) in [7, 11) is 0. The lowest BCUT2D eigenvalue weighted by molar-refractivity contribution is -0.116. The van der Waals surface area contributed by atoms with Crippen LogP contribution in [0, 0.1) is 19.3 Å². The lowest BCUT2D eigenvalue weighted by Gasteiger charge is -2.17. The average Bonchev–Trinajstić information content (AvgIpc) is 3.11. The van der Waals surface area contributed by atoms with E-state index in [-0.39, 0.29) is 18.2 Å². The molecule has 0 aromatic heterocycles. The second-order valence-electron chi connectivity index (χ2n) is 6.05. The van der Waals surface area contributed by atoms with E-state index in [9.17, 15) is 4.79 Å². The summed E-state index contributed by atoms with van der Waals surface area (Å²) >= 11 is 1.59. The predicted octanol–water partition coefficient (Wildman–Crippen LogP) is 4.45. The third-order valence-corrected chi connectivity index (χ3v) is 5.59. The second-order valence-corrected chi connectivity index (χ2v) is 7.11. The Hall–Kier alpha value is -2.53. The number of carbonyl (C=O) groups is 1. The Morgan fingerprint density at radius 1 is 1.12 bits per heavy atom. The molecule has 0 bridgehead atoms. The van der Waals surface area contributed by atoms with Crippen LogP contribution in [0.3, 0.4) is 0 Å². The highest BCUT2D eigenvalue weighted by molar-refractivity contribution is 8.03. The Morgan fingerprint density at radius 2 is 1.92 bits per heavy atom. The van der Waals surface area contributed by atoms with Crippen molar-refractivity contribution in [3.8, 4) is 0 Å². The van der Waals surface area contributed by atoms with Gasteiger partial charge in [-0.25, -0.2) is 0 Å². The third-order valence-electron chi connectivity index (χ3n) is 4.46. The Morgan fingerprint density at radius 3 is 2.67 bits per heavy atom. The van der Waals surface area contributed by atoms with Crippen molar-refractivity contribution in [1.29, 1.82) is 5.41 Å². The van der Waals surface area contributed by atoms with Crippen molar-refractivity contribution < 1.29 is 4.79 Å². The zero-order valence-corrected chi connectivity index (χ0v) is 14.3. The van der Waals surface area contributed by atoms with Gasteiger partial charge >= 0.3 is 0 Å². The fourth-order valence-corrected chi connectivity index (χ4v) is 4.00. The Labute approximate surface area is 145 Å². The molecule has 1 saturated heterocycles. The molecular formula is C19H17N3OS. The van der Waals surface area contributed by atoms with Crippen molar-refractivity contribution >= 4 is 34.9 Å². The molecule has 1 fully saturated rings. The van der Waals surface area contributed by atoms with Crippen LogP contribution in [0.25, 0.3) is 0 Å². The monoisotopic (exact) mass is 335 g/mol. The number of hydrogen-bond donors (Lipinski definition) is 2. The predicted molar refractivity (Wildman–Crippen MR) is 98.7 cm³/mol. The number of hydrogen-bond acceptors (Lipinski definition) is 4. The van der Waals surface area contributed by atoms with Crippen molar-refractivity contribution in [3.05, 3.63) is 64.2 Å². The summed E-state index contributed by atoms with van der Waals surface area (Å²) in [6.45, 7) is 4.06. The van der Waals surface area contributed by atoms with Crippen LogP contribution in [0.2, 0.25) is 0 Å². The van der Waals surface area contributed by atoms with Gasteiger partial charge in [-0.15, -0.1) is 0 Å². The first-order valence-electron chi connectivity index (χ1n) is 7.81. The van der Waals surface area contributed by atoms with Crippen LogP contribution in [-0.4, -0.2) is 11.7 Å². The van der Waals surface area contributed by atoms with Gasteiger partial charge in [0.2, 0.25) is 5.91 Å². The molecule has 0 atom stereocenters. The van der Waals surface area contributed by atoms with E-state index >= 15 is 0 Å². The first kappa shape index (κ1) is 15.0. The average molecular weight is 335 g/mol. The van der Waals surface area contributed by atoms with Crippen molar-refractivity contribution in [1.82, 2.24) is 0 Å². The molecular weight excluding hydrogens is 318 g/mol. The summed E-state index contributed by atoms with van der Waals surface area (Å²) in [5.74, 6) is 0.218. The minimum absolute atomic E-state index is 0.0518. The Kier molecular flexibility index (Phi) is 3.46. The highest BCUT2D eigenvalue weighted by Gasteiger charge is 2.35. The van der Waals surface area contributed by atoms with Crippen molar-refractivity contribution in [3.63, 3.8) is 0 Å². The minimum Gasteiger partial charge on any atom is -0.349 e. The lowest BCUT2D eigenvalue weighted by Crippen LogP contribution is -2.28. The molecule has 2 aromatic rings. The number of fused-ring (bicyclic) bond motifs is 1. The number of nitrogens with one attached hydrogen (secondary N) is 2. The van der Waals surface area contributed by atoms with Crippen LogP contribution in [0.15, 0.2) is 58.0 Å². The van der Waals surface area contributed by atoms with E-state index in [4.69, 9.17) is 5.41 Å². The molecule has 2 aliphatic heterocycles. The Balaban J connectivity index is 1.70. The van der Waals surface area contributed by atoms with E-state index in [0.717, 1.165) is 32.4 Å². The SMILES string of the molecule is Cc1ccc(N2C(=N)C(=C3Nc4ccccc4S3)CC2=O)cc1C. The number of amidine groups is 1. The molecule has 24 heavy (non-hydrogen) atoms. The molecule has 0 unspecified atom stereocenters. The van der Waals surface area contributed by atoms with Gasteiger partial charge in [0.15, 0.2) is 0 Å². The van der Waals surface area contributed by atoms with Crippen LogP contribution < -0.4 is 10.2 Å². The zero-order chi connectivity index (χ0) is 16.8. The standard InChI is InChI=1S/C19H17N3OS/c1-11-7-8-13(9-12(11)2)22-17(23)10-14(18(22)20)19-21-15-5-3-4-6-16(15)24-19/h3-9,20-21H,10H2,1-2H3. The van der Waals surface area contributed by atoms with Gasteiger partial charge in [-0.05, 0) is 49.2 Å². The van der Waals surface area contributed by atoms with Gasteiger partial charge in [0.05, 0.1) is 22.8 Å². The molecule has 4 nitrogen and oxygen atoms in total. The maximum atomic E-state index is 12.5. The fourth-order valence-electron chi connectivity index (χ4n) is 2.95. The second kappa shape index (κ2) is 5.53. The highest BCUT2D eigenvalue weighted by Crippen LogP contribution is 2.44. The van der Waals surface area contributed by atoms with Gasteiger partial charge < -0.3 is 5.32 Å². The number of thioether (sulfide) groups is 1. The number of anilines is 2. The Bertz CT molecular complexity index is 890. The summed E-state index contributed by atoms with van der Waals surface area (Å²) in [5, 5.41) is 12.8. The normalized spacial score (nSPS) is 19.7. The number of rotatable bonds is 1. The smallest absolute Gasteiger partial charge is 0.237 e. The van der Waals surface area contributed by atoms with Crippen LogP contribution in [0.5, 0.6) is 0 Å². The fraction of sp³-hybridized carbons (Fsp3) is 0.158. The molecule has 0 radical (unpaired) electrons. The third kappa shape index (κ3) is 2.32. The highest BCUT2D eigenvalue weighted by atomic mass is 32.2. The molecule has 0 spiro atoms. The van der Waals surface area contributed by atoms with E-state index in [0.29, 0.717) is 0 Å². The first-order chi connectivity index (χ1) is 11.5. The minimum atomic E-state index is -0.0518. The molecule has 2 N–H and O–H groups in total. The number of benzene rings is 2. The zero-order valence-electron chi connectivity index (χ0n) is 13.5. The molecule has 0 aliphatic carbocycles. The summed E-state index contributed by atoms with van der Waals surface area (Å²) in [6.07, 6.45) is 0.259. The molecule has 5 heteroatoms. The van der Waals surface area contributed by atoms with Crippen molar-refractivity contribution in [2.24, 2.45) is 0 Å². The van der Waals surface area contributed by atoms with Gasteiger partial charge in [-0.1, -0.05) is 30.0 Å². The molecule has 1 amide bonds. The summed E-state index contributed by atoms with van der Waals surface area (Å²) in [6, 6.07) is 13.9. The van der Waals surface area contributed by atoms with Crippen molar-refractivity contribution in [2.75, 3.05) is 10.2 Å². The number of nitrogens with zero attached hydrogens (tertiary/aromatic N) is 1. The quantitative estimate of drug-likeness (QED) is 0.809. The van der Waals surface area contributed by atoms with Gasteiger partial charge in [0.25, 0.3) is 0 Å². The van der Waals surface area contributed by atoms with Crippen LogP contribution in [0.1, 0.15) is 17.5 Å². The van der Waals surface area contributed by atoms with E-state index < -0.39 is 0 Å². The first-order valence-corrected chi connectivity index (χ1v) is 8.62. The van der Waals surface area contributed by atoms with Gasteiger partial charge in [-0.2, -0.15) is 0 Å². The van der Waals surface area contributed by atoms with E-state index in [1.165, 1.54) is 10.5 Å². The van der Waals surface area contributed by atoms with Gasteiger partial charge in [0.1, 0.15) is 5.84 Å². The number of para-hydroxylation sites is 1. The van der Waals surface area contributed by atoms with Crippen LogP contribution in [0.4, 0.5) is 11.4 Å². The van der Waals surface area contributed by atoms with Gasteiger partial charge in [0, 0.05) is 10.5 Å². The largest absolute Gasteiger partial charge is 0.349 e. The van der Waals surface area contributed by atoms with Crippen LogP contribution >= 0.6 is 11.8 Å². The molecule has 4 rings (SSSR count). The number of amides is 1. The maximum Gasteiger partial charge on any atom is 0.237 e. The maximum absolute atomic E-state index is 12.5. The van der Waals surface area contributed by atoms with Gasteiger partial charge in [-0.3, -0.25) is 15.1 Å². The molecule has 2 heterocycles. The molecule has 2 aliphatic rings. The number of carbonyl (C=O) groups excluding carboxylic acids is 1. The topological polar surface area (TPSA) is 56.2 Å². The molecule has 0 saturated carbocycles. The number of aryl methyl sites for hydroxylation is 2. The summed E-state index contributed by atoms with van der Waals surface area (Å²) in [4.78, 5) is 15.2. The molecule has 120 valence electrons.